The fourth-order valence-electron chi connectivity index (χ4n) is 2.23. The van der Waals surface area contributed by atoms with Crippen molar-refractivity contribution in [2.75, 3.05) is 19.7 Å². The Morgan fingerprint density at radius 1 is 1.47 bits per heavy atom. The van der Waals surface area contributed by atoms with Gasteiger partial charge in [-0.15, -0.1) is 0 Å². The van der Waals surface area contributed by atoms with E-state index < -0.39 is 0 Å². The summed E-state index contributed by atoms with van der Waals surface area (Å²) in [6.45, 7) is 6.64. The Hall–Kier alpha value is -0.610. The molecule has 2 N–H and O–H groups in total. The van der Waals surface area contributed by atoms with Crippen molar-refractivity contribution >= 4 is 5.91 Å². The molecule has 0 spiro atoms. The lowest BCUT2D eigenvalue weighted by molar-refractivity contribution is -0.124. The molecule has 1 atom stereocenters. The fourth-order valence-corrected chi connectivity index (χ4v) is 2.23. The Balaban J connectivity index is 2.38. The molecule has 15 heavy (non-hydrogen) atoms. The lowest BCUT2D eigenvalue weighted by atomic mass is 10.0. The summed E-state index contributed by atoms with van der Waals surface area (Å²) >= 11 is 0. The first kappa shape index (κ1) is 12.5. The van der Waals surface area contributed by atoms with Crippen molar-refractivity contribution < 1.29 is 9.53 Å². The van der Waals surface area contributed by atoms with Crippen LogP contribution in [0.5, 0.6) is 0 Å². The Labute approximate surface area is 91.8 Å². The number of likely N-dealkylation sites (tertiary alicyclic amines) is 1. The molecular weight excluding hydrogens is 192 g/mol. The van der Waals surface area contributed by atoms with Crippen molar-refractivity contribution in [1.29, 1.82) is 0 Å². The normalized spacial score (nSPS) is 21.5. The summed E-state index contributed by atoms with van der Waals surface area (Å²) in [6.07, 6.45) is 3.20. The first-order chi connectivity index (χ1) is 7.19. The van der Waals surface area contributed by atoms with E-state index >= 15 is 0 Å². The van der Waals surface area contributed by atoms with Gasteiger partial charge in [0.15, 0.2) is 0 Å². The van der Waals surface area contributed by atoms with Gasteiger partial charge in [-0.2, -0.15) is 0 Å². The van der Waals surface area contributed by atoms with Gasteiger partial charge in [-0.25, -0.2) is 0 Å². The van der Waals surface area contributed by atoms with Gasteiger partial charge in [0.25, 0.3) is 0 Å². The minimum atomic E-state index is -0.202. The molecule has 0 saturated carbocycles. The smallest absolute Gasteiger partial charge is 0.234 e. The van der Waals surface area contributed by atoms with E-state index in [1.807, 2.05) is 13.8 Å². The Kier molecular flexibility index (Phi) is 5.05. The maximum atomic E-state index is 11.2. The van der Waals surface area contributed by atoms with Crippen molar-refractivity contribution in [3.63, 3.8) is 0 Å². The van der Waals surface area contributed by atoms with Gasteiger partial charge in [-0.3, -0.25) is 9.69 Å². The van der Waals surface area contributed by atoms with Crippen LogP contribution in [0.2, 0.25) is 0 Å². The molecule has 1 heterocycles. The van der Waals surface area contributed by atoms with Gasteiger partial charge in [0.1, 0.15) is 0 Å². The third-order valence-corrected chi connectivity index (χ3v) is 3.03. The molecule has 1 saturated heterocycles. The maximum absolute atomic E-state index is 11.2. The van der Waals surface area contributed by atoms with Crippen molar-refractivity contribution in [3.8, 4) is 0 Å². The summed E-state index contributed by atoms with van der Waals surface area (Å²) in [4.78, 5) is 13.4. The third-order valence-electron chi connectivity index (χ3n) is 3.03. The van der Waals surface area contributed by atoms with E-state index in [1.165, 1.54) is 0 Å². The highest BCUT2D eigenvalue weighted by Gasteiger charge is 2.27. The van der Waals surface area contributed by atoms with Crippen LogP contribution in [0.25, 0.3) is 0 Å². The number of hydrogen-bond acceptors (Lipinski definition) is 3. The van der Waals surface area contributed by atoms with Gasteiger partial charge in [-0.05, 0) is 26.2 Å². The first-order valence-electron chi connectivity index (χ1n) is 5.84. The molecule has 1 rings (SSSR count). The summed E-state index contributed by atoms with van der Waals surface area (Å²) < 4.78 is 5.56. The number of ether oxygens (including phenoxy) is 1. The SMILES string of the molecule is CCOC1CCN(C(CC)C(N)=O)CC1. The van der Waals surface area contributed by atoms with Gasteiger partial charge >= 0.3 is 0 Å². The fraction of sp³-hybridized carbons (Fsp3) is 0.909. The zero-order valence-electron chi connectivity index (χ0n) is 9.74. The third kappa shape index (κ3) is 3.47. The van der Waals surface area contributed by atoms with Crippen LogP contribution in [0.1, 0.15) is 33.1 Å². The maximum Gasteiger partial charge on any atom is 0.234 e. The lowest BCUT2D eigenvalue weighted by Gasteiger charge is -2.35. The second kappa shape index (κ2) is 6.08. The van der Waals surface area contributed by atoms with E-state index in [1.54, 1.807) is 0 Å². The highest BCUT2D eigenvalue weighted by molar-refractivity contribution is 5.79. The molecule has 0 aromatic carbocycles. The zero-order chi connectivity index (χ0) is 11.3. The minimum Gasteiger partial charge on any atom is -0.378 e. The quantitative estimate of drug-likeness (QED) is 0.735. The molecule has 0 radical (unpaired) electrons. The van der Waals surface area contributed by atoms with E-state index in [-0.39, 0.29) is 11.9 Å². The van der Waals surface area contributed by atoms with Crippen LogP contribution in [0.4, 0.5) is 0 Å². The van der Waals surface area contributed by atoms with Gasteiger partial charge < -0.3 is 10.5 Å². The molecule has 0 aromatic rings. The highest BCUT2D eigenvalue weighted by atomic mass is 16.5. The van der Waals surface area contributed by atoms with Crippen LogP contribution in [0.15, 0.2) is 0 Å². The van der Waals surface area contributed by atoms with Crippen molar-refractivity contribution in [2.24, 2.45) is 5.73 Å². The number of hydrogen-bond donors (Lipinski definition) is 1. The molecule has 88 valence electrons. The molecule has 0 aliphatic carbocycles. The van der Waals surface area contributed by atoms with Gasteiger partial charge in [0, 0.05) is 19.7 Å². The zero-order valence-corrected chi connectivity index (χ0v) is 9.74. The van der Waals surface area contributed by atoms with Crippen molar-refractivity contribution in [2.45, 2.75) is 45.3 Å². The van der Waals surface area contributed by atoms with Crippen LogP contribution in [-0.2, 0) is 9.53 Å². The average Bonchev–Trinajstić information content (AvgIpc) is 2.21. The minimum absolute atomic E-state index is 0.0902. The van der Waals surface area contributed by atoms with E-state index in [0.29, 0.717) is 6.10 Å². The molecule has 1 unspecified atom stereocenters. The first-order valence-corrected chi connectivity index (χ1v) is 5.84. The van der Waals surface area contributed by atoms with Crippen molar-refractivity contribution in [1.82, 2.24) is 4.90 Å². The topological polar surface area (TPSA) is 55.6 Å². The molecule has 1 aliphatic rings. The van der Waals surface area contributed by atoms with Crippen LogP contribution in [0.3, 0.4) is 0 Å². The molecule has 0 bridgehead atoms. The van der Waals surface area contributed by atoms with E-state index in [2.05, 4.69) is 4.90 Å². The predicted octanol–water partition coefficient (Wildman–Crippen LogP) is 0.751. The van der Waals surface area contributed by atoms with E-state index in [4.69, 9.17) is 10.5 Å². The number of primary amides is 1. The van der Waals surface area contributed by atoms with Crippen LogP contribution in [-0.4, -0.2) is 42.6 Å². The van der Waals surface area contributed by atoms with Gasteiger partial charge in [0.05, 0.1) is 12.1 Å². The van der Waals surface area contributed by atoms with Crippen molar-refractivity contribution in [3.05, 3.63) is 0 Å². The standard InChI is InChI=1S/C11H22N2O2/c1-3-10(11(12)14)13-7-5-9(6-8-13)15-4-2/h9-10H,3-8H2,1-2H3,(H2,12,14). The predicted molar refractivity (Wildman–Crippen MR) is 59.5 cm³/mol. The summed E-state index contributed by atoms with van der Waals surface area (Å²) in [7, 11) is 0. The average molecular weight is 214 g/mol. The molecule has 1 amide bonds. The molecule has 4 nitrogen and oxygen atoms in total. The van der Waals surface area contributed by atoms with E-state index in [9.17, 15) is 4.79 Å². The Bertz CT molecular complexity index is 201. The number of amides is 1. The van der Waals surface area contributed by atoms with Crippen LogP contribution >= 0.6 is 0 Å². The second-order valence-corrected chi connectivity index (χ2v) is 4.02. The molecular formula is C11H22N2O2. The summed E-state index contributed by atoms with van der Waals surface area (Å²) in [6, 6.07) is -0.0902. The molecule has 1 fully saturated rings. The Morgan fingerprint density at radius 3 is 2.47 bits per heavy atom. The monoisotopic (exact) mass is 214 g/mol. The molecule has 0 aromatic heterocycles. The second-order valence-electron chi connectivity index (χ2n) is 4.02. The van der Waals surface area contributed by atoms with E-state index in [0.717, 1.165) is 39.0 Å². The van der Waals surface area contributed by atoms with Gasteiger partial charge in [-0.1, -0.05) is 6.92 Å². The highest BCUT2D eigenvalue weighted by Crippen LogP contribution is 2.17. The number of nitrogens with two attached hydrogens (primary N) is 1. The summed E-state index contributed by atoms with van der Waals surface area (Å²) in [5, 5.41) is 0. The number of carbonyl (C=O) groups excluding carboxylic acids is 1. The largest absolute Gasteiger partial charge is 0.378 e. The molecule has 4 heteroatoms. The lowest BCUT2D eigenvalue weighted by Crippen LogP contribution is -2.49. The van der Waals surface area contributed by atoms with Gasteiger partial charge in [0.2, 0.25) is 5.91 Å². The number of nitrogens with zero attached hydrogens (tertiary/aromatic N) is 1. The number of piperidine rings is 1. The van der Waals surface area contributed by atoms with Crippen LogP contribution in [0, 0.1) is 0 Å². The number of carbonyl (C=O) groups is 1. The number of rotatable bonds is 5. The summed E-state index contributed by atoms with van der Waals surface area (Å²) in [5.74, 6) is -0.202. The Morgan fingerprint density at radius 2 is 2.07 bits per heavy atom. The van der Waals surface area contributed by atoms with Crippen LogP contribution < -0.4 is 5.73 Å². The summed E-state index contributed by atoms with van der Waals surface area (Å²) in [5.41, 5.74) is 5.36. The molecule has 1 aliphatic heterocycles.